The van der Waals surface area contributed by atoms with Crippen molar-refractivity contribution in [1.82, 2.24) is 9.47 Å². The van der Waals surface area contributed by atoms with Gasteiger partial charge in [-0.05, 0) is 23.1 Å². The van der Waals surface area contributed by atoms with Crippen molar-refractivity contribution in [1.29, 1.82) is 0 Å². The lowest BCUT2D eigenvalue weighted by molar-refractivity contribution is 0.0365. The minimum Gasteiger partial charge on any atom is -0.379 e. The van der Waals surface area contributed by atoms with E-state index in [1.54, 1.807) is 0 Å². The molecular formula is C21H24N2O. The second kappa shape index (κ2) is 7.20. The topological polar surface area (TPSA) is 17.4 Å². The zero-order valence-electron chi connectivity index (χ0n) is 14.0. The quantitative estimate of drug-likeness (QED) is 0.715. The fraction of sp³-hybridized carbons (Fsp3) is 0.333. The molecule has 3 nitrogen and oxygen atoms in total. The smallest absolute Gasteiger partial charge is 0.0594 e. The number of hydrogen-bond donors (Lipinski definition) is 0. The Balaban J connectivity index is 1.60. The molecule has 4 rings (SSSR count). The molecule has 0 N–H and O–H groups in total. The van der Waals surface area contributed by atoms with Gasteiger partial charge in [0.1, 0.15) is 0 Å². The normalized spacial score (nSPS) is 15.8. The number of fused-ring (bicyclic) bond motifs is 1. The fourth-order valence-corrected chi connectivity index (χ4v) is 3.55. The minimum atomic E-state index is 0.864. The largest absolute Gasteiger partial charge is 0.379 e. The second-order valence-corrected chi connectivity index (χ2v) is 6.46. The first-order chi connectivity index (χ1) is 11.9. The number of rotatable bonds is 5. The fourth-order valence-electron chi connectivity index (χ4n) is 3.55. The van der Waals surface area contributed by atoms with Gasteiger partial charge in [0.15, 0.2) is 0 Å². The third-order valence-electron chi connectivity index (χ3n) is 4.87. The first-order valence-electron chi connectivity index (χ1n) is 8.81. The maximum absolute atomic E-state index is 5.46. The standard InChI is InChI=1S/C21H24N2O/c1-2-6-18(7-3-1)16-20-17-19-8-4-5-9-21(19)23(20)11-10-22-12-14-24-15-13-22/h1-9,17H,10-16H2. The summed E-state index contributed by atoms with van der Waals surface area (Å²) in [6.45, 7) is 5.95. The summed E-state index contributed by atoms with van der Waals surface area (Å²) in [4.78, 5) is 2.50. The third-order valence-corrected chi connectivity index (χ3v) is 4.87. The number of morpholine rings is 1. The lowest BCUT2D eigenvalue weighted by Crippen LogP contribution is -2.38. The second-order valence-electron chi connectivity index (χ2n) is 6.46. The Bertz CT molecular complexity index is 788. The number of para-hydroxylation sites is 1. The molecule has 3 heteroatoms. The molecule has 0 unspecified atom stereocenters. The van der Waals surface area contributed by atoms with Crippen molar-refractivity contribution in [3.05, 3.63) is 71.9 Å². The molecule has 1 aromatic heterocycles. The Kier molecular flexibility index (Phi) is 4.63. The van der Waals surface area contributed by atoms with Gasteiger partial charge in [-0.15, -0.1) is 0 Å². The van der Waals surface area contributed by atoms with Crippen LogP contribution in [0.1, 0.15) is 11.3 Å². The summed E-state index contributed by atoms with van der Waals surface area (Å²) in [6.07, 6.45) is 0.985. The first kappa shape index (κ1) is 15.4. The third kappa shape index (κ3) is 3.37. The average Bonchev–Trinajstić information content (AvgIpc) is 2.99. The van der Waals surface area contributed by atoms with Crippen molar-refractivity contribution < 1.29 is 4.74 Å². The highest BCUT2D eigenvalue weighted by molar-refractivity contribution is 5.81. The predicted octanol–water partition coefficient (Wildman–Crippen LogP) is 3.56. The maximum Gasteiger partial charge on any atom is 0.0594 e. The Hall–Kier alpha value is -2.10. The summed E-state index contributed by atoms with van der Waals surface area (Å²) < 4.78 is 7.96. The van der Waals surface area contributed by atoms with Crippen LogP contribution in [0, 0.1) is 0 Å². The lowest BCUT2D eigenvalue weighted by Gasteiger charge is -2.27. The van der Waals surface area contributed by atoms with Crippen molar-refractivity contribution in [3.8, 4) is 0 Å². The van der Waals surface area contributed by atoms with Crippen molar-refractivity contribution in [2.24, 2.45) is 0 Å². The van der Waals surface area contributed by atoms with Crippen molar-refractivity contribution in [2.45, 2.75) is 13.0 Å². The Morgan fingerprint density at radius 2 is 1.58 bits per heavy atom. The molecule has 1 fully saturated rings. The van der Waals surface area contributed by atoms with Crippen LogP contribution in [0.15, 0.2) is 60.7 Å². The summed E-state index contributed by atoms with van der Waals surface area (Å²) in [5.74, 6) is 0. The first-order valence-corrected chi connectivity index (χ1v) is 8.81. The van der Waals surface area contributed by atoms with Crippen LogP contribution in [0.2, 0.25) is 0 Å². The molecule has 2 aromatic carbocycles. The zero-order chi connectivity index (χ0) is 16.2. The van der Waals surface area contributed by atoms with E-state index in [1.807, 2.05) is 0 Å². The van der Waals surface area contributed by atoms with Crippen LogP contribution in [0.5, 0.6) is 0 Å². The molecular weight excluding hydrogens is 296 g/mol. The van der Waals surface area contributed by atoms with Gasteiger partial charge in [0.05, 0.1) is 13.2 Å². The number of benzene rings is 2. The molecule has 24 heavy (non-hydrogen) atoms. The number of hydrogen-bond acceptors (Lipinski definition) is 2. The highest BCUT2D eigenvalue weighted by atomic mass is 16.5. The summed E-state index contributed by atoms with van der Waals surface area (Å²) in [7, 11) is 0. The zero-order valence-corrected chi connectivity index (χ0v) is 14.0. The Labute approximate surface area is 143 Å². The molecule has 0 atom stereocenters. The van der Waals surface area contributed by atoms with Crippen molar-refractivity contribution in [3.63, 3.8) is 0 Å². The van der Waals surface area contributed by atoms with Gasteiger partial charge in [-0.3, -0.25) is 4.90 Å². The minimum absolute atomic E-state index is 0.864. The molecule has 0 spiro atoms. The van der Waals surface area contributed by atoms with Crippen LogP contribution in [-0.2, 0) is 17.7 Å². The highest BCUT2D eigenvalue weighted by Gasteiger charge is 2.13. The van der Waals surface area contributed by atoms with Gasteiger partial charge in [-0.25, -0.2) is 0 Å². The van der Waals surface area contributed by atoms with Gasteiger partial charge in [0.2, 0.25) is 0 Å². The Morgan fingerprint density at radius 3 is 2.42 bits per heavy atom. The summed E-state index contributed by atoms with van der Waals surface area (Å²) in [5.41, 5.74) is 4.11. The number of nitrogens with zero attached hydrogens (tertiary/aromatic N) is 2. The van der Waals surface area contributed by atoms with E-state index in [4.69, 9.17) is 4.74 Å². The van der Waals surface area contributed by atoms with Gasteiger partial charge < -0.3 is 9.30 Å². The molecule has 1 saturated heterocycles. The van der Waals surface area contributed by atoms with Gasteiger partial charge in [-0.1, -0.05) is 48.5 Å². The van der Waals surface area contributed by atoms with E-state index >= 15 is 0 Å². The molecule has 1 aliphatic rings. The van der Waals surface area contributed by atoms with E-state index in [-0.39, 0.29) is 0 Å². The van der Waals surface area contributed by atoms with E-state index in [9.17, 15) is 0 Å². The van der Waals surface area contributed by atoms with Crippen LogP contribution in [0.4, 0.5) is 0 Å². The monoisotopic (exact) mass is 320 g/mol. The van der Waals surface area contributed by atoms with Gasteiger partial charge in [-0.2, -0.15) is 0 Å². The van der Waals surface area contributed by atoms with Crippen LogP contribution in [-0.4, -0.2) is 42.3 Å². The van der Waals surface area contributed by atoms with Crippen LogP contribution in [0.3, 0.4) is 0 Å². The summed E-state index contributed by atoms with van der Waals surface area (Å²) in [6, 6.07) is 21.8. The van der Waals surface area contributed by atoms with E-state index in [0.29, 0.717) is 0 Å². The van der Waals surface area contributed by atoms with Crippen LogP contribution in [0.25, 0.3) is 10.9 Å². The molecule has 0 amide bonds. The molecule has 0 aliphatic carbocycles. The van der Waals surface area contributed by atoms with Gasteiger partial charge >= 0.3 is 0 Å². The van der Waals surface area contributed by atoms with Crippen LogP contribution < -0.4 is 0 Å². The molecule has 2 heterocycles. The Morgan fingerprint density at radius 1 is 0.833 bits per heavy atom. The number of ether oxygens (including phenoxy) is 1. The van der Waals surface area contributed by atoms with Gasteiger partial charge in [0, 0.05) is 43.8 Å². The molecule has 0 bridgehead atoms. The van der Waals surface area contributed by atoms with Gasteiger partial charge in [0.25, 0.3) is 0 Å². The highest BCUT2D eigenvalue weighted by Crippen LogP contribution is 2.22. The molecule has 1 aliphatic heterocycles. The van der Waals surface area contributed by atoms with Crippen LogP contribution >= 0.6 is 0 Å². The number of aromatic nitrogens is 1. The molecule has 124 valence electrons. The SMILES string of the molecule is c1ccc(Cc2cc3ccccc3n2CCN2CCOCC2)cc1. The molecule has 3 aromatic rings. The molecule has 0 radical (unpaired) electrons. The average molecular weight is 320 g/mol. The predicted molar refractivity (Wildman–Crippen MR) is 98.4 cm³/mol. The van der Waals surface area contributed by atoms with Crippen molar-refractivity contribution >= 4 is 10.9 Å². The lowest BCUT2D eigenvalue weighted by atomic mass is 10.1. The van der Waals surface area contributed by atoms with E-state index in [0.717, 1.165) is 45.8 Å². The molecule has 0 saturated carbocycles. The van der Waals surface area contributed by atoms with E-state index in [2.05, 4.69) is 70.1 Å². The maximum atomic E-state index is 5.46. The van der Waals surface area contributed by atoms with Crippen molar-refractivity contribution in [2.75, 3.05) is 32.8 Å². The van der Waals surface area contributed by atoms with E-state index < -0.39 is 0 Å². The summed E-state index contributed by atoms with van der Waals surface area (Å²) in [5, 5.41) is 1.34. The summed E-state index contributed by atoms with van der Waals surface area (Å²) >= 11 is 0. The van der Waals surface area contributed by atoms with E-state index in [1.165, 1.54) is 22.2 Å².